The molecule has 2 aromatic rings. The lowest BCUT2D eigenvalue weighted by Crippen LogP contribution is -2.24. The zero-order valence-electron chi connectivity index (χ0n) is 10.4. The Balaban J connectivity index is 2.10. The van der Waals surface area contributed by atoms with Crippen LogP contribution < -0.4 is 16.6 Å². The highest BCUT2D eigenvalue weighted by molar-refractivity contribution is 5.94. The fraction of sp³-hybridized carbons (Fsp3) is 0.0769. The number of carbonyl (C=O) groups excluding carboxylic acids is 1. The molecule has 5 nitrogen and oxygen atoms in total. The van der Waals surface area contributed by atoms with Crippen LogP contribution in [0.1, 0.15) is 16.1 Å². The van der Waals surface area contributed by atoms with Crippen LogP contribution in [0.15, 0.2) is 36.5 Å². The number of nitrogens with two attached hydrogens (primary N) is 1. The van der Waals surface area contributed by atoms with Crippen molar-refractivity contribution in [3.8, 4) is 0 Å². The van der Waals surface area contributed by atoms with Gasteiger partial charge < -0.3 is 10.7 Å². The summed E-state index contributed by atoms with van der Waals surface area (Å²) >= 11 is 0. The topological polar surface area (TPSA) is 80.0 Å². The highest BCUT2D eigenvalue weighted by atomic mass is 19.1. The summed E-state index contributed by atoms with van der Waals surface area (Å²) in [6, 6.07) is 7.06. The Bertz CT molecular complexity index is 596. The first-order chi connectivity index (χ1) is 9.61. The molecule has 7 heteroatoms. The first-order valence-electron chi connectivity index (χ1n) is 5.75. The van der Waals surface area contributed by atoms with Crippen LogP contribution >= 0.6 is 0 Å². The summed E-state index contributed by atoms with van der Waals surface area (Å²) < 4.78 is 26.9. The second-order valence-corrected chi connectivity index (χ2v) is 3.96. The van der Waals surface area contributed by atoms with E-state index in [0.29, 0.717) is 5.69 Å². The molecule has 0 bridgehead atoms. The largest absolute Gasteiger partial charge is 0.346 e. The van der Waals surface area contributed by atoms with Gasteiger partial charge in [0.2, 0.25) is 0 Å². The summed E-state index contributed by atoms with van der Waals surface area (Å²) in [5.74, 6) is 2.50. The van der Waals surface area contributed by atoms with E-state index in [4.69, 9.17) is 5.84 Å². The van der Waals surface area contributed by atoms with Gasteiger partial charge in [-0.15, -0.1) is 0 Å². The van der Waals surface area contributed by atoms with Crippen molar-refractivity contribution in [1.29, 1.82) is 0 Å². The van der Waals surface area contributed by atoms with Crippen LogP contribution in [0.25, 0.3) is 0 Å². The van der Waals surface area contributed by atoms with Crippen LogP contribution in [0.4, 0.5) is 14.5 Å². The minimum Gasteiger partial charge on any atom is -0.346 e. The predicted molar refractivity (Wildman–Crippen MR) is 69.6 cm³/mol. The van der Waals surface area contributed by atoms with Crippen molar-refractivity contribution in [1.82, 2.24) is 10.3 Å². The van der Waals surface area contributed by atoms with Gasteiger partial charge in [-0.3, -0.25) is 15.6 Å². The maximum Gasteiger partial charge on any atom is 0.251 e. The molecule has 0 fully saturated rings. The molecule has 0 saturated heterocycles. The molecule has 104 valence electrons. The van der Waals surface area contributed by atoms with Crippen LogP contribution in [0.3, 0.4) is 0 Å². The first-order valence-corrected chi connectivity index (χ1v) is 5.75. The zero-order valence-corrected chi connectivity index (χ0v) is 10.4. The predicted octanol–water partition coefficient (Wildman–Crippen LogP) is 1.58. The van der Waals surface area contributed by atoms with Gasteiger partial charge in [-0.2, -0.15) is 0 Å². The lowest BCUT2D eigenvalue weighted by atomic mass is 10.1. The van der Waals surface area contributed by atoms with Crippen molar-refractivity contribution in [2.24, 2.45) is 5.84 Å². The van der Waals surface area contributed by atoms with Gasteiger partial charge in [-0.25, -0.2) is 8.78 Å². The molecule has 0 spiro atoms. The lowest BCUT2D eigenvalue weighted by Gasteiger charge is -2.08. The van der Waals surface area contributed by atoms with Crippen LogP contribution in [-0.4, -0.2) is 10.9 Å². The number of anilines is 1. The molecule has 1 heterocycles. The summed E-state index contributed by atoms with van der Waals surface area (Å²) in [6.45, 7) is 0.166. The van der Waals surface area contributed by atoms with Crippen LogP contribution in [0.5, 0.6) is 0 Å². The van der Waals surface area contributed by atoms with Crippen LogP contribution in [-0.2, 0) is 6.54 Å². The fourth-order valence-electron chi connectivity index (χ4n) is 1.62. The van der Waals surface area contributed by atoms with E-state index in [2.05, 4.69) is 10.3 Å². The third-order valence-corrected chi connectivity index (χ3v) is 2.60. The molecule has 1 aromatic heterocycles. The summed E-state index contributed by atoms with van der Waals surface area (Å²) in [6.07, 6.45) is 1.59. The second-order valence-electron chi connectivity index (χ2n) is 3.96. The number of rotatable bonds is 4. The van der Waals surface area contributed by atoms with E-state index in [1.54, 1.807) is 24.4 Å². The van der Waals surface area contributed by atoms with Gasteiger partial charge in [-0.05, 0) is 24.3 Å². The Hall–Kier alpha value is -2.54. The number of nitrogen functional groups attached to an aromatic ring is 1. The average Bonchev–Trinajstić information content (AvgIpc) is 2.45. The number of benzene rings is 1. The molecule has 0 aliphatic carbocycles. The van der Waals surface area contributed by atoms with Gasteiger partial charge in [-0.1, -0.05) is 6.07 Å². The Kier molecular flexibility index (Phi) is 4.21. The molecule has 0 atom stereocenters. The smallest absolute Gasteiger partial charge is 0.251 e. The fourth-order valence-corrected chi connectivity index (χ4v) is 1.62. The molecule has 4 N–H and O–H groups in total. The molecule has 0 radical (unpaired) electrons. The number of amides is 1. The number of hydrogen-bond donors (Lipinski definition) is 3. The molecule has 0 aliphatic rings. The van der Waals surface area contributed by atoms with E-state index in [-0.39, 0.29) is 12.1 Å². The van der Waals surface area contributed by atoms with Gasteiger partial charge in [0, 0.05) is 11.8 Å². The molecule has 20 heavy (non-hydrogen) atoms. The average molecular weight is 278 g/mol. The third kappa shape index (κ3) is 3.07. The summed E-state index contributed by atoms with van der Waals surface area (Å²) in [5.41, 5.74) is 1.93. The molecule has 0 aliphatic heterocycles. The maximum absolute atomic E-state index is 13.5. The first kappa shape index (κ1) is 13.9. The number of pyridine rings is 1. The van der Waals surface area contributed by atoms with Gasteiger partial charge in [0.1, 0.15) is 5.69 Å². The molecule has 1 aromatic carbocycles. The maximum atomic E-state index is 13.5. The van der Waals surface area contributed by atoms with E-state index in [1.165, 1.54) is 0 Å². The number of nitrogens with one attached hydrogen (secondary N) is 2. The van der Waals surface area contributed by atoms with E-state index in [1.807, 2.05) is 5.43 Å². The normalized spacial score (nSPS) is 10.2. The van der Waals surface area contributed by atoms with Gasteiger partial charge in [0.15, 0.2) is 11.6 Å². The van der Waals surface area contributed by atoms with Crippen molar-refractivity contribution in [3.05, 3.63) is 59.4 Å². The van der Waals surface area contributed by atoms with Crippen molar-refractivity contribution < 1.29 is 13.6 Å². The van der Waals surface area contributed by atoms with Crippen molar-refractivity contribution in [2.45, 2.75) is 6.54 Å². The Morgan fingerprint density at radius 2 is 1.95 bits per heavy atom. The van der Waals surface area contributed by atoms with Crippen molar-refractivity contribution in [2.75, 3.05) is 5.43 Å². The summed E-state index contributed by atoms with van der Waals surface area (Å²) in [4.78, 5) is 15.8. The second kappa shape index (κ2) is 6.07. The highest BCUT2D eigenvalue weighted by Crippen LogP contribution is 2.19. The SMILES string of the molecule is NNc1c(F)cc(C(=O)NCc2ccccn2)cc1F. The Morgan fingerprint density at radius 3 is 2.50 bits per heavy atom. The molecule has 0 saturated carbocycles. The summed E-state index contributed by atoms with van der Waals surface area (Å²) in [7, 11) is 0. The van der Waals surface area contributed by atoms with Crippen molar-refractivity contribution in [3.63, 3.8) is 0 Å². The van der Waals surface area contributed by atoms with Gasteiger partial charge >= 0.3 is 0 Å². The standard InChI is InChI=1S/C13H12F2N4O/c14-10-5-8(6-11(15)12(10)19-16)13(20)18-7-9-3-1-2-4-17-9/h1-6,19H,7,16H2,(H,18,20). The number of aromatic nitrogens is 1. The lowest BCUT2D eigenvalue weighted by molar-refractivity contribution is 0.0949. The number of carbonyl (C=O) groups is 1. The third-order valence-electron chi connectivity index (χ3n) is 2.60. The highest BCUT2D eigenvalue weighted by Gasteiger charge is 2.14. The van der Waals surface area contributed by atoms with E-state index < -0.39 is 23.2 Å². The van der Waals surface area contributed by atoms with Gasteiger partial charge in [0.05, 0.1) is 12.2 Å². The molecular formula is C13H12F2N4O. The van der Waals surface area contributed by atoms with Crippen LogP contribution in [0.2, 0.25) is 0 Å². The van der Waals surface area contributed by atoms with E-state index in [9.17, 15) is 13.6 Å². The number of nitrogens with zero attached hydrogens (tertiary/aromatic N) is 1. The molecule has 2 rings (SSSR count). The monoisotopic (exact) mass is 278 g/mol. The number of hydrazine groups is 1. The zero-order chi connectivity index (χ0) is 14.5. The quantitative estimate of drug-likeness (QED) is 0.586. The minimum absolute atomic E-state index is 0.130. The molecule has 1 amide bonds. The summed E-state index contributed by atoms with van der Waals surface area (Å²) in [5, 5.41) is 2.52. The van der Waals surface area contributed by atoms with Crippen LogP contribution in [0, 0.1) is 11.6 Å². The molecule has 0 unspecified atom stereocenters. The van der Waals surface area contributed by atoms with Crippen molar-refractivity contribution >= 4 is 11.6 Å². The Morgan fingerprint density at radius 1 is 1.25 bits per heavy atom. The van der Waals surface area contributed by atoms with E-state index >= 15 is 0 Å². The minimum atomic E-state index is -0.935. The number of hydrogen-bond acceptors (Lipinski definition) is 4. The molecular weight excluding hydrogens is 266 g/mol. The van der Waals surface area contributed by atoms with Gasteiger partial charge in [0.25, 0.3) is 5.91 Å². The van der Waals surface area contributed by atoms with E-state index in [0.717, 1.165) is 12.1 Å². The Labute approximate surface area is 113 Å². The number of halogens is 2.